The maximum atomic E-state index is 13.8. The van der Waals surface area contributed by atoms with Gasteiger partial charge < -0.3 is 16.4 Å². The molecule has 1 aromatic carbocycles. The molecule has 3 aromatic rings. The van der Waals surface area contributed by atoms with Crippen LogP contribution in [0.3, 0.4) is 0 Å². The summed E-state index contributed by atoms with van der Waals surface area (Å²) in [7, 11) is 0. The fraction of sp³-hybridized carbons (Fsp3) is 0.286. The number of nitrogens with one attached hydrogen (secondary N) is 2. The van der Waals surface area contributed by atoms with Crippen LogP contribution in [0.25, 0.3) is 22.3 Å². The van der Waals surface area contributed by atoms with Crippen LogP contribution in [0.1, 0.15) is 34.3 Å². The van der Waals surface area contributed by atoms with Crippen LogP contribution in [0, 0.1) is 11.3 Å². The van der Waals surface area contributed by atoms with Gasteiger partial charge in [0, 0.05) is 30.1 Å². The number of carbonyl (C=O) groups is 1. The molecular weight excluding hydrogens is 442 g/mol. The zero-order valence-electron chi connectivity index (χ0n) is 16.9. The van der Waals surface area contributed by atoms with Crippen molar-refractivity contribution in [1.82, 2.24) is 20.3 Å². The quantitative estimate of drug-likeness (QED) is 0.500. The first-order valence-electron chi connectivity index (χ1n) is 9.82. The number of nitrogens with zero attached hydrogens (tertiary/aromatic N) is 4. The molecule has 0 spiro atoms. The minimum Gasteiger partial charge on any atom is -0.366 e. The number of aromatic nitrogens is 3. The number of pyridine rings is 1. The number of hydrogen-bond donors (Lipinski definition) is 3. The second-order valence-electron chi connectivity index (χ2n) is 7.59. The van der Waals surface area contributed by atoms with Gasteiger partial charge in [0.2, 0.25) is 0 Å². The molecular formula is C21H17F4N7O. The highest BCUT2D eigenvalue weighted by Crippen LogP contribution is 2.32. The van der Waals surface area contributed by atoms with Crippen LogP contribution in [-0.2, 0) is 0 Å². The van der Waals surface area contributed by atoms with Crippen molar-refractivity contribution in [3.05, 3.63) is 47.3 Å². The number of amides is 1. The van der Waals surface area contributed by atoms with Crippen molar-refractivity contribution in [3.8, 4) is 17.3 Å². The summed E-state index contributed by atoms with van der Waals surface area (Å²) in [6.07, 6.45) is -2.07. The number of nitriles is 1. The molecule has 3 heterocycles. The summed E-state index contributed by atoms with van der Waals surface area (Å²) in [5.74, 6) is -3.66. The molecule has 1 aliphatic heterocycles. The molecule has 0 saturated carbocycles. The van der Waals surface area contributed by atoms with E-state index in [1.165, 1.54) is 12.1 Å². The number of carbonyl (C=O) groups excluding carboxylic acids is 1. The van der Waals surface area contributed by atoms with Crippen molar-refractivity contribution in [2.75, 3.05) is 18.4 Å². The highest BCUT2D eigenvalue weighted by atomic mass is 19.3. The molecule has 170 valence electrons. The fourth-order valence-corrected chi connectivity index (χ4v) is 3.71. The molecule has 1 saturated heterocycles. The largest absolute Gasteiger partial charge is 0.366 e. The van der Waals surface area contributed by atoms with Crippen LogP contribution in [0.2, 0.25) is 0 Å². The molecule has 0 bridgehead atoms. The third kappa shape index (κ3) is 4.54. The highest BCUT2D eigenvalue weighted by Gasteiger charge is 2.36. The first-order chi connectivity index (χ1) is 15.7. The Kier molecular flexibility index (Phi) is 5.82. The molecule has 2 aromatic heterocycles. The summed E-state index contributed by atoms with van der Waals surface area (Å²) < 4.78 is 53.7. The number of primary amides is 1. The zero-order valence-corrected chi connectivity index (χ0v) is 16.9. The number of piperidine rings is 1. The van der Waals surface area contributed by atoms with Gasteiger partial charge in [0.05, 0.1) is 29.4 Å². The molecule has 33 heavy (non-hydrogen) atoms. The van der Waals surface area contributed by atoms with Gasteiger partial charge in [-0.05, 0) is 12.1 Å². The minimum atomic E-state index is -2.91. The van der Waals surface area contributed by atoms with E-state index in [4.69, 9.17) is 5.73 Å². The summed E-state index contributed by atoms with van der Waals surface area (Å²) in [6.45, 7) is -0.188. The standard InChI is InChI=1S/C21H17F4N7O/c22-18(23)10-1-2-13(11(3-10)6-26)15-4-14(19(27)33)16-17(32-15)20(30-9-29-16)31-12-5-21(24,25)8-28-7-12/h1-4,9,12,18,28H,5,7-8H2,(H2,27,33)(H,29,30,31)/t12-/m0/s1. The Morgan fingerprint density at radius 2 is 2.06 bits per heavy atom. The number of nitrogens with two attached hydrogens (primary N) is 1. The molecule has 4 N–H and O–H groups in total. The first-order valence-corrected chi connectivity index (χ1v) is 9.82. The van der Waals surface area contributed by atoms with Gasteiger partial charge in [0.25, 0.3) is 18.3 Å². The average Bonchev–Trinajstić information content (AvgIpc) is 2.77. The Morgan fingerprint density at radius 1 is 1.27 bits per heavy atom. The number of hydrogen-bond acceptors (Lipinski definition) is 7. The molecule has 1 fully saturated rings. The molecule has 12 heteroatoms. The summed E-state index contributed by atoms with van der Waals surface area (Å²) in [5, 5.41) is 15.0. The molecule has 0 unspecified atom stereocenters. The normalized spacial score (nSPS) is 17.6. The Bertz CT molecular complexity index is 1280. The van der Waals surface area contributed by atoms with Gasteiger partial charge in [-0.2, -0.15) is 5.26 Å². The minimum absolute atomic E-state index is 0.0469. The van der Waals surface area contributed by atoms with Crippen LogP contribution < -0.4 is 16.4 Å². The first kappa shape index (κ1) is 22.3. The maximum Gasteiger partial charge on any atom is 0.263 e. The van der Waals surface area contributed by atoms with Crippen molar-refractivity contribution in [2.45, 2.75) is 24.8 Å². The lowest BCUT2D eigenvalue weighted by atomic mass is 10.00. The number of fused-ring (bicyclic) bond motifs is 1. The van der Waals surface area contributed by atoms with Crippen LogP contribution in [-0.4, -0.2) is 45.9 Å². The summed E-state index contributed by atoms with van der Waals surface area (Å²) in [5.41, 5.74) is 5.47. The van der Waals surface area contributed by atoms with E-state index in [2.05, 4.69) is 25.6 Å². The second kappa shape index (κ2) is 8.59. The van der Waals surface area contributed by atoms with E-state index in [-0.39, 0.29) is 51.3 Å². The van der Waals surface area contributed by atoms with Gasteiger partial charge in [0.1, 0.15) is 17.4 Å². The summed E-state index contributed by atoms with van der Waals surface area (Å²) >= 11 is 0. The van der Waals surface area contributed by atoms with Gasteiger partial charge in [-0.1, -0.05) is 12.1 Å². The molecule has 1 atom stereocenters. The Morgan fingerprint density at radius 3 is 2.73 bits per heavy atom. The zero-order chi connectivity index (χ0) is 23.8. The summed E-state index contributed by atoms with van der Waals surface area (Å²) in [4.78, 5) is 24.7. The lowest BCUT2D eigenvalue weighted by Crippen LogP contribution is -2.49. The fourth-order valence-electron chi connectivity index (χ4n) is 3.71. The third-order valence-electron chi connectivity index (χ3n) is 5.21. The monoisotopic (exact) mass is 459 g/mol. The van der Waals surface area contributed by atoms with Crippen molar-refractivity contribution >= 4 is 22.8 Å². The van der Waals surface area contributed by atoms with Crippen LogP contribution in [0.15, 0.2) is 30.6 Å². The number of benzene rings is 1. The molecule has 0 radical (unpaired) electrons. The van der Waals surface area contributed by atoms with Crippen LogP contribution in [0.5, 0.6) is 0 Å². The lowest BCUT2D eigenvalue weighted by Gasteiger charge is -2.30. The SMILES string of the molecule is N#Cc1cc(C(F)F)ccc1-c1cc(C(N)=O)c2ncnc(N[C@@H]3CNCC(F)(F)C3)c2n1. The van der Waals surface area contributed by atoms with E-state index < -0.39 is 37.3 Å². The molecule has 1 aliphatic rings. The Hall–Kier alpha value is -3.85. The van der Waals surface area contributed by atoms with Crippen LogP contribution in [0.4, 0.5) is 23.4 Å². The smallest absolute Gasteiger partial charge is 0.263 e. The van der Waals surface area contributed by atoms with E-state index >= 15 is 0 Å². The summed E-state index contributed by atoms with van der Waals surface area (Å²) in [6, 6.07) is 5.94. The van der Waals surface area contributed by atoms with Crippen molar-refractivity contribution < 1.29 is 22.4 Å². The van der Waals surface area contributed by atoms with Gasteiger partial charge in [-0.25, -0.2) is 32.5 Å². The van der Waals surface area contributed by atoms with E-state index in [1.807, 2.05) is 6.07 Å². The molecule has 1 amide bonds. The topological polar surface area (TPSA) is 130 Å². The average molecular weight is 459 g/mol. The Balaban J connectivity index is 1.85. The van der Waals surface area contributed by atoms with Gasteiger partial charge in [0.15, 0.2) is 5.82 Å². The van der Waals surface area contributed by atoms with Gasteiger partial charge in [-0.15, -0.1) is 0 Å². The van der Waals surface area contributed by atoms with Gasteiger partial charge >= 0.3 is 0 Å². The van der Waals surface area contributed by atoms with E-state index in [0.29, 0.717) is 0 Å². The second-order valence-corrected chi connectivity index (χ2v) is 7.59. The number of rotatable bonds is 5. The molecule has 4 rings (SSSR count). The van der Waals surface area contributed by atoms with Crippen molar-refractivity contribution in [3.63, 3.8) is 0 Å². The van der Waals surface area contributed by atoms with Crippen LogP contribution >= 0.6 is 0 Å². The maximum absolute atomic E-state index is 13.8. The Labute approximate surface area is 184 Å². The number of anilines is 1. The predicted octanol–water partition coefficient (Wildman–Crippen LogP) is 3.01. The highest BCUT2D eigenvalue weighted by molar-refractivity contribution is 6.07. The van der Waals surface area contributed by atoms with Gasteiger partial charge in [-0.3, -0.25) is 4.79 Å². The van der Waals surface area contributed by atoms with E-state index in [1.54, 1.807) is 0 Å². The van der Waals surface area contributed by atoms with E-state index in [9.17, 15) is 27.6 Å². The molecule has 8 nitrogen and oxygen atoms in total. The van der Waals surface area contributed by atoms with Crippen molar-refractivity contribution in [1.29, 1.82) is 5.26 Å². The van der Waals surface area contributed by atoms with Crippen molar-refractivity contribution in [2.24, 2.45) is 5.73 Å². The number of halogens is 4. The van der Waals surface area contributed by atoms with E-state index in [0.717, 1.165) is 18.5 Å². The lowest BCUT2D eigenvalue weighted by molar-refractivity contribution is -0.0244. The predicted molar refractivity (Wildman–Crippen MR) is 111 cm³/mol. The molecule has 0 aliphatic carbocycles. The third-order valence-corrected chi connectivity index (χ3v) is 5.21. The number of alkyl halides is 4.